The summed E-state index contributed by atoms with van der Waals surface area (Å²) in [6.07, 6.45) is -0.607. The van der Waals surface area contributed by atoms with E-state index in [2.05, 4.69) is 26.3 Å². The van der Waals surface area contributed by atoms with Gasteiger partial charge in [0.25, 0.3) is 0 Å². The normalized spacial score (nSPS) is 12.1. The van der Waals surface area contributed by atoms with Gasteiger partial charge in [0.2, 0.25) is 0 Å². The number of nitrogens with zero attached hydrogens (tertiary/aromatic N) is 2. The van der Waals surface area contributed by atoms with Crippen LogP contribution >= 0.6 is 15.9 Å². The SMILES string of the molecule is CC(C)(C)OC(=O)Cn1nc(NC(=O)OC(C)(C)C)c2ccc(Br)cc21. The molecular weight excluding hydrogens is 402 g/mol. The largest absolute Gasteiger partial charge is 0.459 e. The fraction of sp³-hybridized carbons (Fsp3) is 0.500. The maximum atomic E-state index is 12.2. The van der Waals surface area contributed by atoms with Crippen molar-refractivity contribution in [3.63, 3.8) is 0 Å². The lowest BCUT2D eigenvalue weighted by Gasteiger charge is -2.19. The van der Waals surface area contributed by atoms with Crippen molar-refractivity contribution in [3.8, 4) is 0 Å². The van der Waals surface area contributed by atoms with Crippen LogP contribution in [-0.2, 0) is 20.8 Å². The Labute approximate surface area is 161 Å². The van der Waals surface area contributed by atoms with Crippen molar-refractivity contribution in [2.45, 2.75) is 59.3 Å². The molecule has 1 amide bonds. The number of aromatic nitrogens is 2. The smallest absolute Gasteiger partial charge is 0.413 e. The van der Waals surface area contributed by atoms with Gasteiger partial charge in [0.1, 0.15) is 17.7 Å². The molecule has 0 saturated carbocycles. The van der Waals surface area contributed by atoms with E-state index in [0.717, 1.165) is 4.47 Å². The van der Waals surface area contributed by atoms with Crippen molar-refractivity contribution < 1.29 is 19.1 Å². The predicted octanol–water partition coefficient (Wildman–Crippen LogP) is 4.49. The zero-order valence-electron chi connectivity index (χ0n) is 15.8. The van der Waals surface area contributed by atoms with Gasteiger partial charge in [-0.25, -0.2) is 4.79 Å². The number of benzene rings is 1. The summed E-state index contributed by atoms with van der Waals surface area (Å²) in [6.45, 7) is 10.7. The molecule has 0 radical (unpaired) electrons. The number of halogens is 1. The van der Waals surface area contributed by atoms with Crippen LogP contribution < -0.4 is 5.32 Å². The summed E-state index contributed by atoms with van der Waals surface area (Å²) in [5, 5.41) is 7.69. The highest BCUT2D eigenvalue weighted by Crippen LogP contribution is 2.27. The van der Waals surface area contributed by atoms with Crippen LogP contribution in [0.5, 0.6) is 0 Å². The van der Waals surface area contributed by atoms with Crippen LogP contribution in [-0.4, -0.2) is 33.0 Å². The van der Waals surface area contributed by atoms with E-state index in [1.54, 1.807) is 41.5 Å². The van der Waals surface area contributed by atoms with Gasteiger partial charge in [-0.3, -0.25) is 14.8 Å². The highest BCUT2D eigenvalue weighted by Gasteiger charge is 2.21. The fourth-order valence-electron chi connectivity index (χ4n) is 2.26. The Morgan fingerprint density at radius 3 is 2.31 bits per heavy atom. The number of carbonyl (C=O) groups excluding carboxylic acids is 2. The van der Waals surface area contributed by atoms with E-state index in [-0.39, 0.29) is 6.54 Å². The highest BCUT2D eigenvalue weighted by atomic mass is 79.9. The molecule has 7 nitrogen and oxygen atoms in total. The molecule has 0 atom stereocenters. The van der Waals surface area contributed by atoms with Crippen molar-refractivity contribution in [3.05, 3.63) is 22.7 Å². The molecule has 8 heteroatoms. The number of esters is 1. The van der Waals surface area contributed by atoms with Gasteiger partial charge < -0.3 is 9.47 Å². The molecule has 2 rings (SSSR count). The Morgan fingerprint density at radius 1 is 1.12 bits per heavy atom. The van der Waals surface area contributed by atoms with Gasteiger partial charge in [0, 0.05) is 9.86 Å². The molecule has 26 heavy (non-hydrogen) atoms. The fourth-order valence-corrected chi connectivity index (χ4v) is 2.61. The van der Waals surface area contributed by atoms with Crippen LogP contribution in [0.1, 0.15) is 41.5 Å². The second-order valence-electron chi connectivity index (χ2n) is 7.88. The van der Waals surface area contributed by atoms with E-state index < -0.39 is 23.3 Å². The highest BCUT2D eigenvalue weighted by molar-refractivity contribution is 9.10. The molecular formula is C18H24BrN3O4. The third-order valence-electron chi connectivity index (χ3n) is 3.03. The van der Waals surface area contributed by atoms with Crippen molar-refractivity contribution >= 4 is 44.7 Å². The van der Waals surface area contributed by atoms with Gasteiger partial charge in [-0.15, -0.1) is 0 Å². The third kappa shape index (κ3) is 5.72. The quantitative estimate of drug-likeness (QED) is 0.732. The topological polar surface area (TPSA) is 82.5 Å². The summed E-state index contributed by atoms with van der Waals surface area (Å²) in [5.41, 5.74) is -0.517. The summed E-state index contributed by atoms with van der Waals surface area (Å²) in [5.74, 6) is -0.0870. The monoisotopic (exact) mass is 425 g/mol. The Hall–Kier alpha value is -2.09. The lowest BCUT2D eigenvalue weighted by molar-refractivity contribution is -0.155. The summed E-state index contributed by atoms with van der Waals surface area (Å²) < 4.78 is 13.0. The number of anilines is 1. The van der Waals surface area contributed by atoms with E-state index in [0.29, 0.717) is 16.7 Å². The van der Waals surface area contributed by atoms with Gasteiger partial charge in [0.05, 0.1) is 5.52 Å². The van der Waals surface area contributed by atoms with Gasteiger partial charge in [-0.05, 0) is 59.7 Å². The average Bonchev–Trinajstić information content (AvgIpc) is 2.71. The molecule has 0 saturated heterocycles. The van der Waals surface area contributed by atoms with Gasteiger partial charge in [-0.1, -0.05) is 15.9 Å². The van der Waals surface area contributed by atoms with Crippen molar-refractivity contribution in [1.29, 1.82) is 0 Å². The third-order valence-corrected chi connectivity index (χ3v) is 3.53. The van der Waals surface area contributed by atoms with Gasteiger partial charge >= 0.3 is 12.1 Å². The van der Waals surface area contributed by atoms with Crippen LogP contribution in [0.2, 0.25) is 0 Å². The Morgan fingerprint density at radius 2 is 1.73 bits per heavy atom. The molecule has 142 valence electrons. The zero-order valence-corrected chi connectivity index (χ0v) is 17.4. The Balaban J connectivity index is 2.32. The zero-order chi connectivity index (χ0) is 19.7. The van der Waals surface area contributed by atoms with Crippen LogP contribution in [0, 0.1) is 0 Å². The second-order valence-corrected chi connectivity index (χ2v) is 8.80. The molecule has 0 aliphatic heterocycles. The molecule has 1 aromatic heterocycles. The minimum Gasteiger partial charge on any atom is -0.459 e. The average molecular weight is 426 g/mol. The molecule has 0 spiro atoms. The first-order valence-corrected chi connectivity index (χ1v) is 9.01. The van der Waals surface area contributed by atoms with E-state index in [1.807, 2.05) is 18.2 Å². The number of amides is 1. The van der Waals surface area contributed by atoms with Crippen LogP contribution in [0.25, 0.3) is 10.9 Å². The number of hydrogen-bond donors (Lipinski definition) is 1. The maximum Gasteiger partial charge on any atom is 0.413 e. The molecule has 1 aromatic carbocycles. The van der Waals surface area contributed by atoms with Crippen LogP contribution in [0.3, 0.4) is 0 Å². The van der Waals surface area contributed by atoms with Gasteiger partial charge in [0.15, 0.2) is 5.82 Å². The minimum absolute atomic E-state index is 0.0692. The Bertz CT molecular complexity index is 831. The lowest BCUT2D eigenvalue weighted by atomic mass is 10.2. The number of fused-ring (bicyclic) bond motifs is 1. The lowest BCUT2D eigenvalue weighted by Crippen LogP contribution is -2.28. The molecule has 0 fully saturated rings. The second kappa shape index (κ2) is 7.26. The van der Waals surface area contributed by atoms with Crippen LogP contribution in [0.15, 0.2) is 22.7 Å². The number of carbonyl (C=O) groups is 2. The van der Waals surface area contributed by atoms with E-state index in [4.69, 9.17) is 9.47 Å². The molecule has 0 aliphatic rings. The van der Waals surface area contributed by atoms with Crippen LogP contribution in [0.4, 0.5) is 10.6 Å². The number of hydrogen-bond acceptors (Lipinski definition) is 5. The predicted molar refractivity (Wildman–Crippen MR) is 103 cm³/mol. The number of rotatable bonds is 3. The maximum absolute atomic E-state index is 12.2. The van der Waals surface area contributed by atoms with Crippen molar-refractivity contribution in [1.82, 2.24) is 9.78 Å². The Kier molecular flexibility index (Phi) is 5.65. The summed E-state index contributed by atoms with van der Waals surface area (Å²) in [4.78, 5) is 24.2. The standard InChI is InChI=1S/C18H24BrN3O4/c1-17(2,3)25-14(23)10-22-13-9-11(19)7-8-12(13)15(21-22)20-16(24)26-18(4,5)6/h7-9H,10H2,1-6H3,(H,20,21,24). The van der Waals surface area contributed by atoms with E-state index >= 15 is 0 Å². The number of nitrogens with one attached hydrogen (secondary N) is 1. The summed E-state index contributed by atoms with van der Waals surface area (Å²) in [7, 11) is 0. The molecule has 2 aromatic rings. The molecule has 0 bridgehead atoms. The number of ether oxygens (including phenoxy) is 2. The van der Waals surface area contributed by atoms with E-state index in [9.17, 15) is 9.59 Å². The molecule has 1 N–H and O–H groups in total. The minimum atomic E-state index is -0.623. The summed E-state index contributed by atoms with van der Waals surface area (Å²) >= 11 is 3.41. The van der Waals surface area contributed by atoms with Crippen molar-refractivity contribution in [2.75, 3.05) is 5.32 Å². The summed E-state index contributed by atoms with van der Waals surface area (Å²) in [6, 6.07) is 5.47. The first kappa shape index (κ1) is 20.2. The molecule has 0 unspecified atom stereocenters. The molecule has 0 aliphatic carbocycles. The van der Waals surface area contributed by atoms with E-state index in [1.165, 1.54) is 4.68 Å². The van der Waals surface area contributed by atoms with Crippen molar-refractivity contribution in [2.24, 2.45) is 0 Å². The van der Waals surface area contributed by atoms with Gasteiger partial charge in [-0.2, -0.15) is 5.10 Å². The first-order valence-electron chi connectivity index (χ1n) is 8.22. The first-order chi connectivity index (χ1) is 11.8. The molecule has 1 heterocycles.